The lowest BCUT2D eigenvalue weighted by Crippen LogP contribution is -3.00. The van der Waals surface area contributed by atoms with Gasteiger partial charge in [-0.1, -0.05) is 11.6 Å². The van der Waals surface area contributed by atoms with Crippen molar-refractivity contribution in [3.8, 4) is 0 Å². The summed E-state index contributed by atoms with van der Waals surface area (Å²) in [6, 6.07) is 7.00. The van der Waals surface area contributed by atoms with Crippen molar-refractivity contribution in [3.63, 3.8) is 0 Å². The average Bonchev–Trinajstić information content (AvgIpc) is 2.41. The van der Waals surface area contributed by atoms with Gasteiger partial charge in [-0.05, 0) is 45.0 Å². The number of hydrogen-bond acceptors (Lipinski definition) is 1. The topological polar surface area (TPSA) is 17.1 Å². The molecule has 0 atom stereocenters. The third kappa shape index (κ3) is 4.98. The number of carbonyl (C=O) groups is 1. The standard InChI is InChI=1S/C15H21ClNO.ClH/c1-4-17(5-2,6-3)12-11-15(18)13-7-9-14(16)10-8-13;/h7-12H,4-6H2,1-3H3;1H/q+1;/p-1/b12-11+;. The van der Waals surface area contributed by atoms with Crippen molar-refractivity contribution in [2.45, 2.75) is 20.8 Å². The van der Waals surface area contributed by atoms with E-state index in [1.165, 1.54) is 0 Å². The normalized spacial score (nSPS) is 11.4. The van der Waals surface area contributed by atoms with E-state index >= 15 is 0 Å². The second kappa shape index (κ2) is 8.36. The Labute approximate surface area is 127 Å². The highest BCUT2D eigenvalue weighted by Gasteiger charge is 2.17. The lowest BCUT2D eigenvalue weighted by atomic mass is 10.1. The van der Waals surface area contributed by atoms with Gasteiger partial charge in [0.1, 0.15) is 0 Å². The van der Waals surface area contributed by atoms with Crippen LogP contribution >= 0.6 is 11.6 Å². The molecule has 0 unspecified atom stereocenters. The molecular formula is C15H21Cl2NO. The number of hydrogen-bond donors (Lipinski definition) is 0. The van der Waals surface area contributed by atoms with Crippen molar-refractivity contribution < 1.29 is 21.7 Å². The first-order valence-corrected chi connectivity index (χ1v) is 6.79. The number of nitrogens with zero attached hydrogens (tertiary/aromatic N) is 1. The van der Waals surface area contributed by atoms with Crippen LogP contribution in [-0.4, -0.2) is 29.9 Å². The van der Waals surface area contributed by atoms with E-state index in [1.54, 1.807) is 30.3 Å². The maximum Gasteiger partial charge on any atom is 0.191 e. The molecule has 0 N–H and O–H groups in total. The van der Waals surface area contributed by atoms with Crippen molar-refractivity contribution >= 4 is 17.4 Å². The molecule has 0 aliphatic carbocycles. The number of rotatable bonds is 6. The average molecular weight is 302 g/mol. The minimum Gasteiger partial charge on any atom is -1.00 e. The molecule has 0 aliphatic rings. The van der Waals surface area contributed by atoms with Gasteiger partial charge >= 0.3 is 0 Å². The van der Waals surface area contributed by atoms with Gasteiger partial charge in [0.15, 0.2) is 5.78 Å². The monoisotopic (exact) mass is 301 g/mol. The quantitative estimate of drug-likeness (QED) is 0.434. The van der Waals surface area contributed by atoms with Gasteiger partial charge in [0.05, 0.1) is 25.8 Å². The van der Waals surface area contributed by atoms with E-state index in [0.717, 1.165) is 24.1 Å². The van der Waals surface area contributed by atoms with Crippen LogP contribution in [0.25, 0.3) is 0 Å². The van der Waals surface area contributed by atoms with Crippen LogP contribution in [-0.2, 0) is 0 Å². The van der Waals surface area contributed by atoms with Gasteiger partial charge in [0.2, 0.25) is 0 Å². The van der Waals surface area contributed by atoms with E-state index in [-0.39, 0.29) is 18.2 Å². The summed E-state index contributed by atoms with van der Waals surface area (Å²) >= 11 is 5.80. The molecule has 2 nitrogen and oxygen atoms in total. The van der Waals surface area contributed by atoms with E-state index in [9.17, 15) is 4.79 Å². The zero-order valence-electron chi connectivity index (χ0n) is 11.7. The summed E-state index contributed by atoms with van der Waals surface area (Å²) in [6.45, 7) is 9.42. The maximum absolute atomic E-state index is 12.0. The summed E-state index contributed by atoms with van der Waals surface area (Å²) in [6.07, 6.45) is 3.69. The van der Waals surface area contributed by atoms with Gasteiger partial charge in [-0.3, -0.25) is 9.28 Å². The number of allylic oxidation sites excluding steroid dienone is 1. The summed E-state index contributed by atoms with van der Waals surface area (Å²) in [5.74, 6) is 0.0320. The van der Waals surface area contributed by atoms with Gasteiger partial charge in [0, 0.05) is 16.7 Å². The molecule has 0 saturated carbocycles. The molecule has 19 heavy (non-hydrogen) atoms. The zero-order valence-corrected chi connectivity index (χ0v) is 13.2. The fraction of sp³-hybridized carbons (Fsp3) is 0.400. The van der Waals surface area contributed by atoms with Crippen LogP contribution in [0.15, 0.2) is 36.5 Å². The highest BCUT2D eigenvalue weighted by Crippen LogP contribution is 2.12. The molecule has 1 aromatic carbocycles. The molecule has 0 aliphatic heterocycles. The van der Waals surface area contributed by atoms with E-state index in [4.69, 9.17) is 11.6 Å². The van der Waals surface area contributed by atoms with Crippen molar-refractivity contribution in [1.29, 1.82) is 0 Å². The maximum atomic E-state index is 12.0. The molecule has 4 heteroatoms. The van der Waals surface area contributed by atoms with Crippen LogP contribution in [0.2, 0.25) is 5.02 Å². The highest BCUT2D eigenvalue weighted by molar-refractivity contribution is 6.30. The number of benzene rings is 1. The zero-order chi connectivity index (χ0) is 13.6. The van der Waals surface area contributed by atoms with Gasteiger partial charge in [0.25, 0.3) is 0 Å². The second-order valence-electron chi connectivity index (χ2n) is 4.35. The molecule has 0 spiro atoms. The third-order valence-corrected chi connectivity index (χ3v) is 3.81. The summed E-state index contributed by atoms with van der Waals surface area (Å²) in [5, 5.41) is 0.649. The van der Waals surface area contributed by atoms with E-state index in [0.29, 0.717) is 10.6 Å². The lowest BCUT2D eigenvalue weighted by molar-refractivity contribution is -0.874. The number of carbonyl (C=O) groups excluding carboxylic acids is 1. The van der Waals surface area contributed by atoms with Crippen LogP contribution < -0.4 is 12.4 Å². The first-order valence-electron chi connectivity index (χ1n) is 6.41. The Hall–Kier alpha value is -0.830. The first-order chi connectivity index (χ1) is 8.56. The van der Waals surface area contributed by atoms with Crippen LogP contribution in [0.3, 0.4) is 0 Å². The van der Waals surface area contributed by atoms with Crippen LogP contribution in [0.1, 0.15) is 31.1 Å². The molecule has 1 aromatic rings. The molecule has 106 valence electrons. The fourth-order valence-electron chi connectivity index (χ4n) is 1.92. The lowest BCUT2D eigenvalue weighted by Gasteiger charge is -2.31. The fourth-order valence-corrected chi connectivity index (χ4v) is 2.05. The summed E-state index contributed by atoms with van der Waals surface area (Å²) in [7, 11) is 0. The highest BCUT2D eigenvalue weighted by atomic mass is 35.5. The van der Waals surface area contributed by atoms with Gasteiger partial charge in [-0.2, -0.15) is 0 Å². The van der Waals surface area contributed by atoms with Crippen LogP contribution in [0, 0.1) is 0 Å². The Morgan fingerprint density at radius 1 is 1.11 bits per heavy atom. The van der Waals surface area contributed by atoms with Crippen LogP contribution in [0.5, 0.6) is 0 Å². The Balaban J connectivity index is 0.00000324. The van der Waals surface area contributed by atoms with Crippen molar-refractivity contribution in [3.05, 3.63) is 47.1 Å². The largest absolute Gasteiger partial charge is 1.00 e. The minimum atomic E-state index is 0. The van der Waals surface area contributed by atoms with Gasteiger partial charge < -0.3 is 12.4 Å². The molecule has 0 aromatic heterocycles. The van der Waals surface area contributed by atoms with Gasteiger partial charge in [-0.25, -0.2) is 0 Å². The van der Waals surface area contributed by atoms with E-state index in [1.807, 2.05) is 6.20 Å². The summed E-state index contributed by atoms with van der Waals surface area (Å²) in [5.41, 5.74) is 0.678. The Morgan fingerprint density at radius 3 is 2.00 bits per heavy atom. The first kappa shape index (κ1) is 18.2. The third-order valence-electron chi connectivity index (χ3n) is 3.56. The number of halogens is 2. The Bertz CT molecular complexity index is 414. The van der Waals surface area contributed by atoms with E-state index < -0.39 is 0 Å². The molecule has 0 fully saturated rings. The summed E-state index contributed by atoms with van der Waals surface area (Å²) in [4.78, 5) is 12.0. The molecular weight excluding hydrogens is 281 g/mol. The molecule has 0 radical (unpaired) electrons. The van der Waals surface area contributed by atoms with Crippen molar-refractivity contribution in [2.75, 3.05) is 19.6 Å². The van der Waals surface area contributed by atoms with Crippen molar-refractivity contribution in [2.24, 2.45) is 0 Å². The predicted octanol–water partition coefficient (Wildman–Crippen LogP) is 0.917. The molecule has 0 heterocycles. The molecule has 0 amide bonds. The van der Waals surface area contributed by atoms with Crippen LogP contribution in [0.4, 0.5) is 0 Å². The van der Waals surface area contributed by atoms with Crippen molar-refractivity contribution in [1.82, 2.24) is 0 Å². The molecule has 0 saturated heterocycles. The SMILES string of the molecule is CC[N+](/C=C/C(=O)c1ccc(Cl)cc1)(CC)CC.[Cl-]. The number of ketones is 1. The van der Waals surface area contributed by atoms with E-state index in [2.05, 4.69) is 20.8 Å². The second-order valence-corrected chi connectivity index (χ2v) is 4.79. The smallest absolute Gasteiger partial charge is 0.191 e. The Morgan fingerprint density at radius 2 is 1.58 bits per heavy atom. The predicted molar refractivity (Wildman–Crippen MR) is 76.8 cm³/mol. The summed E-state index contributed by atoms with van der Waals surface area (Å²) < 4.78 is 0.833. The van der Waals surface area contributed by atoms with Gasteiger partial charge in [-0.15, -0.1) is 0 Å². The number of quaternary nitrogens is 1. The minimum absolute atomic E-state index is 0. The molecule has 1 rings (SSSR count). The Kier molecular flexibility index (Phi) is 8.00. The molecule has 0 bridgehead atoms.